The van der Waals surface area contributed by atoms with Crippen LogP contribution in [0.25, 0.3) is 0 Å². The van der Waals surface area contributed by atoms with Crippen molar-refractivity contribution in [2.24, 2.45) is 0 Å². The van der Waals surface area contributed by atoms with E-state index >= 15 is 0 Å². The third-order valence-corrected chi connectivity index (χ3v) is 2.99. The van der Waals surface area contributed by atoms with Gasteiger partial charge in [0.15, 0.2) is 0 Å². The van der Waals surface area contributed by atoms with Crippen molar-refractivity contribution < 1.29 is 19.5 Å². The molecule has 1 aliphatic rings. The molecule has 1 aromatic rings. The van der Waals surface area contributed by atoms with Gasteiger partial charge in [0.2, 0.25) is 5.91 Å². The first-order valence-electron chi connectivity index (χ1n) is 6.53. The Morgan fingerprint density at radius 2 is 1.81 bits per heavy atom. The van der Waals surface area contributed by atoms with Gasteiger partial charge in [0.1, 0.15) is 0 Å². The average molecular weight is 290 g/mol. The Morgan fingerprint density at radius 3 is 2.38 bits per heavy atom. The van der Waals surface area contributed by atoms with Crippen molar-refractivity contribution in [2.45, 2.75) is 12.8 Å². The van der Waals surface area contributed by atoms with Crippen LogP contribution in [-0.4, -0.2) is 41.4 Å². The summed E-state index contributed by atoms with van der Waals surface area (Å²) >= 11 is 0. The number of rotatable bonds is 3. The third kappa shape index (κ3) is 4.76. The van der Waals surface area contributed by atoms with E-state index in [1.54, 1.807) is 24.3 Å². The molecule has 2 amide bonds. The van der Waals surface area contributed by atoms with E-state index in [-0.39, 0.29) is 18.3 Å². The topological polar surface area (TPSA) is 86.7 Å². The first-order chi connectivity index (χ1) is 10.1. The molecule has 1 heterocycles. The molecular weight excluding hydrogens is 272 g/mol. The van der Waals surface area contributed by atoms with Gasteiger partial charge < -0.3 is 15.3 Å². The van der Waals surface area contributed by atoms with Gasteiger partial charge in [-0.2, -0.15) is 0 Å². The van der Waals surface area contributed by atoms with Gasteiger partial charge in [0.05, 0.1) is 11.3 Å². The Morgan fingerprint density at radius 1 is 1.24 bits per heavy atom. The van der Waals surface area contributed by atoms with E-state index in [4.69, 9.17) is 9.90 Å². The molecule has 1 aromatic carbocycles. The zero-order valence-electron chi connectivity index (χ0n) is 11.6. The van der Waals surface area contributed by atoms with Crippen LogP contribution >= 0.6 is 0 Å². The van der Waals surface area contributed by atoms with Gasteiger partial charge >= 0.3 is 0 Å². The van der Waals surface area contributed by atoms with Crippen molar-refractivity contribution in [3.05, 3.63) is 42.5 Å². The van der Waals surface area contributed by atoms with Crippen LogP contribution in [0.5, 0.6) is 0 Å². The van der Waals surface area contributed by atoms with Gasteiger partial charge in [0, 0.05) is 13.1 Å². The Bertz CT molecular complexity index is 522. The molecule has 6 heteroatoms. The second kappa shape index (κ2) is 8.52. The molecule has 2 rings (SSSR count). The highest BCUT2D eigenvalue weighted by Gasteiger charge is 2.21. The minimum atomic E-state index is -0.309. The molecule has 0 atom stereocenters. The lowest BCUT2D eigenvalue weighted by molar-refractivity contribution is -0.122. The summed E-state index contributed by atoms with van der Waals surface area (Å²) in [5.74, 6) is -0.330. The molecule has 6 nitrogen and oxygen atoms in total. The molecule has 21 heavy (non-hydrogen) atoms. The number of amides is 2. The van der Waals surface area contributed by atoms with Crippen LogP contribution in [-0.2, 0) is 9.59 Å². The quantitative estimate of drug-likeness (QED) is 0.656. The first-order valence-corrected chi connectivity index (χ1v) is 6.53. The van der Waals surface area contributed by atoms with E-state index in [1.165, 1.54) is 6.08 Å². The van der Waals surface area contributed by atoms with Crippen LogP contribution in [0.3, 0.4) is 0 Å². The van der Waals surface area contributed by atoms with Crippen LogP contribution in [0.15, 0.2) is 36.9 Å². The SMILES string of the molecule is C=CC(=O)Nc1ccccc1C(=O)N1CCCC1.O=CO. The summed E-state index contributed by atoms with van der Waals surface area (Å²) in [5, 5.41) is 9.55. The number of benzene rings is 1. The predicted molar refractivity (Wildman–Crippen MR) is 79.1 cm³/mol. The van der Waals surface area contributed by atoms with E-state index in [2.05, 4.69) is 11.9 Å². The molecule has 1 fully saturated rings. The van der Waals surface area contributed by atoms with Gasteiger partial charge in [-0.3, -0.25) is 14.4 Å². The standard InChI is InChI=1S/C14H16N2O2.CH2O2/c1-2-13(17)15-12-8-4-3-7-11(12)14(18)16-9-5-6-10-16;2-1-3/h2-4,7-8H,1,5-6,9-10H2,(H,15,17);1H,(H,2,3). The molecule has 0 aromatic heterocycles. The average Bonchev–Trinajstić information content (AvgIpc) is 3.02. The molecular formula is C15H18N2O4. The number of carboxylic acid groups (broad SMARTS) is 1. The largest absolute Gasteiger partial charge is 0.483 e. The number of hydrogen-bond acceptors (Lipinski definition) is 3. The molecule has 0 radical (unpaired) electrons. The van der Waals surface area contributed by atoms with Crippen LogP contribution in [0, 0.1) is 0 Å². The van der Waals surface area contributed by atoms with Crippen molar-refractivity contribution in [1.29, 1.82) is 0 Å². The molecule has 0 bridgehead atoms. The zero-order valence-corrected chi connectivity index (χ0v) is 11.6. The molecule has 0 unspecified atom stereocenters. The summed E-state index contributed by atoms with van der Waals surface area (Å²) < 4.78 is 0. The number of para-hydroxylation sites is 1. The summed E-state index contributed by atoms with van der Waals surface area (Å²) in [7, 11) is 0. The molecule has 2 N–H and O–H groups in total. The van der Waals surface area contributed by atoms with Gasteiger partial charge in [-0.25, -0.2) is 0 Å². The molecule has 0 saturated carbocycles. The first kappa shape index (κ1) is 16.4. The zero-order chi connectivity index (χ0) is 15.7. The van der Waals surface area contributed by atoms with Crippen molar-refractivity contribution in [2.75, 3.05) is 18.4 Å². The summed E-state index contributed by atoms with van der Waals surface area (Å²) in [6, 6.07) is 7.05. The van der Waals surface area contributed by atoms with E-state index in [0.717, 1.165) is 25.9 Å². The van der Waals surface area contributed by atoms with Crippen LogP contribution in [0.2, 0.25) is 0 Å². The molecule has 0 spiro atoms. The van der Waals surface area contributed by atoms with E-state index < -0.39 is 0 Å². The molecule has 1 saturated heterocycles. The monoisotopic (exact) mass is 290 g/mol. The summed E-state index contributed by atoms with van der Waals surface area (Å²) in [4.78, 5) is 33.8. The van der Waals surface area contributed by atoms with E-state index in [0.29, 0.717) is 11.3 Å². The van der Waals surface area contributed by atoms with Gasteiger partial charge in [-0.05, 0) is 31.1 Å². The smallest absolute Gasteiger partial charge is 0.290 e. The van der Waals surface area contributed by atoms with Crippen LogP contribution in [0.1, 0.15) is 23.2 Å². The number of hydrogen-bond donors (Lipinski definition) is 2. The lowest BCUT2D eigenvalue weighted by Crippen LogP contribution is -2.28. The summed E-state index contributed by atoms with van der Waals surface area (Å²) in [5.41, 5.74) is 1.08. The number of carbonyl (C=O) groups excluding carboxylic acids is 2. The highest BCUT2D eigenvalue weighted by atomic mass is 16.3. The van der Waals surface area contributed by atoms with Crippen LogP contribution in [0.4, 0.5) is 5.69 Å². The van der Waals surface area contributed by atoms with Crippen LogP contribution < -0.4 is 5.32 Å². The Balaban J connectivity index is 0.000000677. The highest BCUT2D eigenvalue weighted by Crippen LogP contribution is 2.20. The van der Waals surface area contributed by atoms with E-state index in [9.17, 15) is 9.59 Å². The molecule has 112 valence electrons. The second-order valence-corrected chi connectivity index (χ2v) is 4.34. The maximum absolute atomic E-state index is 12.3. The van der Waals surface area contributed by atoms with Crippen molar-refractivity contribution in [3.8, 4) is 0 Å². The Labute approximate surface area is 123 Å². The normalized spacial score (nSPS) is 12.9. The number of likely N-dealkylation sites (tertiary alicyclic amines) is 1. The third-order valence-electron chi connectivity index (χ3n) is 2.99. The molecule has 0 aliphatic carbocycles. The fraction of sp³-hybridized carbons (Fsp3) is 0.267. The predicted octanol–water partition coefficient (Wildman–Crippen LogP) is 1.75. The van der Waals surface area contributed by atoms with Crippen molar-refractivity contribution in [1.82, 2.24) is 4.90 Å². The maximum atomic E-state index is 12.3. The van der Waals surface area contributed by atoms with Gasteiger partial charge in [-0.1, -0.05) is 18.7 Å². The number of nitrogens with zero attached hydrogens (tertiary/aromatic N) is 1. The summed E-state index contributed by atoms with van der Waals surface area (Å²) in [6.07, 6.45) is 3.29. The fourth-order valence-electron chi connectivity index (χ4n) is 2.05. The van der Waals surface area contributed by atoms with Crippen molar-refractivity contribution in [3.63, 3.8) is 0 Å². The Kier molecular flexibility index (Phi) is 6.67. The van der Waals surface area contributed by atoms with Gasteiger partial charge in [-0.15, -0.1) is 0 Å². The van der Waals surface area contributed by atoms with Crippen molar-refractivity contribution >= 4 is 24.0 Å². The number of nitrogens with one attached hydrogen (secondary N) is 1. The fourth-order valence-corrected chi connectivity index (χ4v) is 2.05. The Hall–Kier alpha value is -2.63. The molecule has 1 aliphatic heterocycles. The second-order valence-electron chi connectivity index (χ2n) is 4.34. The minimum absolute atomic E-state index is 0.0209. The lowest BCUT2D eigenvalue weighted by atomic mass is 10.1. The maximum Gasteiger partial charge on any atom is 0.290 e. The summed E-state index contributed by atoms with van der Waals surface area (Å²) in [6.45, 7) is 4.74. The van der Waals surface area contributed by atoms with Gasteiger partial charge in [0.25, 0.3) is 12.4 Å². The van der Waals surface area contributed by atoms with E-state index in [1.807, 2.05) is 4.90 Å². The number of anilines is 1. The minimum Gasteiger partial charge on any atom is -0.483 e. The highest BCUT2D eigenvalue weighted by molar-refractivity contribution is 6.06. The lowest BCUT2D eigenvalue weighted by Gasteiger charge is -2.17. The number of carbonyl (C=O) groups is 3.